The van der Waals surface area contributed by atoms with Gasteiger partial charge < -0.3 is 19.4 Å². The van der Waals surface area contributed by atoms with Crippen molar-refractivity contribution in [1.82, 2.24) is 10.5 Å². The molecule has 0 fully saturated rings. The smallest absolute Gasteiger partial charge is 0.273 e. The summed E-state index contributed by atoms with van der Waals surface area (Å²) in [5.74, 6) is 0.524. The van der Waals surface area contributed by atoms with E-state index in [0.717, 1.165) is 0 Å². The Morgan fingerprint density at radius 1 is 1.56 bits per heavy atom. The van der Waals surface area contributed by atoms with E-state index in [-0.39, 0.29) is 24.2 Å². The van der Waals surface area contributed by atoms with Crippen LogP contribution in [0.15, 0.2) is 33.4 Å². The minimum absolute atomic E-state index is 0.106. The molecule has 1 atom stereocenters. The highest BCUT2D eigenvalue weighted by Gasteiger charge is 2.17. The number of hydrogen-bond acceptors (Lipinski definition) is 5. The molecule has 2 rings (SSSR count). The maximum atomic E-state index is 11.8. The van der Waals surface area contributed by atoms with Crippen molar-refractivity contribution in [2.75, 3.05) is 6.61 Å². The zero-order valence-electron chi connectivity index (χ0n) is 9.92. The first-order chi connectivity index (χ1) is 8.74. The van der Waals surface area contributed by atoms with Crippen molar-refractivity contribution in [3.8, 4) is 11.5 Å². The fourth-order valence-electron chi connectivity index (χ4n) is 1.45. The Hall–Kier alpha value is -2.08. The molecular weight excluding hydrogens is 236 g/mol. The number of nitrogens with one attached hydrogen (secondary N) is 1. The molecule has 0 bridgehead atoms. The molecule has 0 spiro atoms. The van der Waals surface area contributed by atoms with Crippen LogP contribution in [-0.4, -0.2) is 28.8 Å². The highest BCUT2D eigenvalue weighted by Crippen LogP contribution is 2.20. The molecule has 0 aromatic carbocycles. The van der Waals surface area contributed by atoms with E-state index in [2.05, 4.69) is 10.5 Å². The summed E-state index contributed by atoms with van der Waals surface area (Å²) in [5, 5.41) is 15.3. The van der Waals surface area contributed by atoms with E-state index in [9.17, 15) is 4.79 Å². The minimum Gasteiger partial charge on any atom is -0.461 e. The normalized spacial score (nSPS) is 12.3. The van der Waals surface area contributed by atoms with E-state index in [1.165, 1.54) is 12.3 Å². The average Bonchev–Trinajstić information content (AvgIpc) is 3.04. The molecule has 0 aliphatic heterocycles. The van der Waals surface area contributed by atoms with Gasteiger partial charge in [0.25, 0.3) is 5.91 Å². The number of aliphatic hydroxyl groups is 1. The summed E-state index contributed by atoms with van der Waals surface area (Å²) in [6.45, 7) is 1.77. The van der Waals surface area contributed by atoms with Crippen LogP contribution in [0.2, 0.25) is 0 Å². The second kappa shape index (κ2) is 5.50. The first-order valence-electron chi connectivity index (χ1n) is 5.67. The third-order valence-corrected chi connectivity index (χ3v) is 2.56. The number of aromatic nitrogens is 1. The zero-order chi connectivity index (χ0) is 13.0. The predicted molar refractivity (Wildman–Crippen MR) is 62.8 cm³/mol. The summed E-state index contributed by atoms with van der Waals surface area (Å²) in [4.78, 5) is 11.8. The first-order valence-corrected chi connectivity index (χ1v) is 5.67. The number of furan rings is 1. The standard InChI is InChI=1S/C12H14N2O4/c1-2-8(7-15)13-12(16)9-6-11(18-14-9)10-4-3-5-17-10/h3-6,8,15H,2,7H2,1H3,(H,13,16)/t8-/m0/s1. The van der Waals surface area contributed by atoms with Crippen LogP contribution in [0, 0.1) is 0 Å². The van der Waals surface area contributed by atoms with Crippen LogP contribution < -0.4 is 5.32 Å². The van der Waals surface area contributed by atoms with Gasteiger partial charge in [-0.25, -0.2) is 0 Å². The third kappa shape index (κ3) is 2.60. The molecule has 2 aromatic heterocycles. The lowest BCUT2D eigenvalue weighted by Crippen LogP contribution is -2.37. The van der Waals surface area contributed by atoms with Crippen molar-refractivity contribution in [1.29, 1.82) is 0 Å². The van der Waals surface area contributed by atoms with Crippen molar-refractivity contribution in [2.24, 2.45) is 0 Å². The molecule has 6 heteroatoms. The molecule has 0 radical (unpaired) electrons. The van der Waals surface area contributed by atoms with Crippen LogP contribution in [0.1, 0.15) is 23.8 Å². The molecule has 2 N–H and O–H groups in total. The average molecular weight is 250 g/mol. The Bertz CT molecular complexity index is 500. The number of nitrogens with zero attached hydrogens (tertiary/aromatic N) is 1. The van der Waals surface area contributed by atoms with Gasteiger partial charge in [-0.1, -0.05) is 12.1 Å². The van der Waals surface area contributed by atoms with Gasteiger partial charge in [-0.2, -0.15) is 0 Å². The SMILES string of the molecule is CC[C@@H](CO)NC(=O)c1cc(-c2ccco2)on1. The van der Waals surface area contributed by atoms with E-state index in [4.69, 9.17) is 14.0 Å². The Morgan fingerprint density at radius 2 is 2.39 bits per heavy atom. The van der Waals surface area contributed by atoms with Gasteiger partial charge in [0, 0.05) is 6.07 Å². The van der Waals surface area contributed by atoms with Gasteiger partial charge in [-0.3, -0.25) is 4.79 Å². The molecule has 2 aromatic rings. The van der Waals surface area contributed by atoms with E-state index in [0.29, 0.717) is 17.9 Å². The fraction of sp³-hybridized carbons (Fsp3) is 0.333. The summed E-state index contributed by atoms with van der Waals surface area (Å²) >= 11 is 0. The van der Waals surface area contributed by atoms with Gasteiger partial charge >= 0.3 is 0 Å². The molecule has 2 heterocycles. The molecule has 0 unspecified atom stereocenters. The molecule has 0 aliphatic rings. The minimum atomic E-state index is -0.377. The number of carbonyl (C=O) groups is 1. The molecule has 0 aliphatic carbocycles. The Kier molecular flexibility index (Phi) is 3.78. The van der Waals surface area contributed by atoms with Crippen molar-refractivity contribution in [3.63, 3.8) is 0 Å². The number of hydrogen-bond donors (Lipinski definition) is 2. The number of aliphatic hydroxyl groups excluding tert-OH is 1. The summed E-state index contributed by atoms with van der Waals surface area (Å²) in [5.41, 5.74) is 0.160. The molecule has 1 amide bonds. The third-order valence-electron chi connectivity index (χ3n) is 2.56. The van der Waals surface area contributed by atoms with Crippen LogP contribution >= 0.6 is 0 Å². The van der Waals surface area contributed by atoms with Crippen LogP contribution in [0.3, 0.4) is 0 Å². The predicted octanol–water partition coefficient (Wildman–Crippen LogP) is 1.44. The van der Waals surface area contributed by atoms with Crippen LogP contribution in [0.5, 0.6) is 0 Å². The Balaban J connectivity index is 2.08. The van der Waals surface area contributed by atoms with Gasteiger partial charge in [0.05, 0.1) is 18.9 Å². The van der Waals surface area contributed by atoms with Crippen LogP contribution in [-0.2, 0) is 0 Å². The topological polar surface area (TPSA) is 88.5 Å². The number of carbonyl (C=O) groups excluding carboxylic acids is 1. The fourth-order valence-corrected chi connectivity index (χ4v) is 1.45. The Labute approximate surface area is 104 Å². The second-order valence-corrected chi connectivity index (χ2v) is 3.81. The first kappa shape index (κ1) is 12.4. The lowest BCUT2D eigenvalue weighted by Gasteiger charge is -2.11. The van der Waals surface area contributed by atoms with Gasteiger partial charge in [-0.05, 0) is 18.6 Å². The maximum Gasteiger partial charge on any atom is 0.273 e. The largest absolute Gasteiger partial charge is 0.461 e. The quantitative estimate of drug-likeness (QED) is 0.838. The maximum absolute atomic E-state index is 11.8. The summed E-state index contributed by atoms with van der Waals surface area (Å²) < 4.78 is 10.1. The number of rotatable bonds is 5. The highest BCUT2D eigenvalue weighted by atomic mass is 16.5. The molecule has 6 nitrogen and oxygen atoms in total. The monoisotopic (exact) mass is 250 g/mol. The molecule has 0 saturated carbocycles. The van der Waals surface area contributed by atoms with E-state index in [1.54, 1.807) is 12.1 Å². The molecule has 96 valence electrons. The van der Waals surface area contributed by atoms with Crippen molar-refractivity contribution < 1.29 is 18.8 Å². The molecule has 0 saturated heterocycles. The Morgan fingerprint density at radius 3 is 3.00 bits per heavy atom. The lowest BCUT2D eigenvalue weighted by molar-refractivity contribution is 0.0906. The van der Waals surface area contributed by atoms with E-state index >= 15 is 0 Å². The van der Waals surface area contributed by atoms with E-state index in [1.807, 2.05) is 6.92 Å². The van der Waals surface area contributed by atoms with E-state index < -0.39 is 0 Å². The summed E-state index contributed by atoms with van der Waals surface area (Å²) in [7, 11) is 0. The van der Waals surface area contributed by atoms with Gasteiger partial charge in [0.15, 0.2) is 11.5 Å². The van der Waals surface area contributed by atoms with Crippen molar-refractivity contribution in [2.45, 2.75) is 19.4 Å². The number of amides is 1. The highest BCUT2D eigenvalue weighted by molar-refractivity contribution is 5.93. The molecular formula is C12H14N2O4. The summed E-state index contributed by atoms with van der Waals surface area (Å²) in [6, 6.07) is 4.65. The van der Waals surface area contributed by atoms with Crippen molar-refractivity contribution >= 4 is 5.91 Å². The van der Waals surface area contributed by atoms with Crippen molar-refractivity contribution in [3.05, 3.63) is 30.2 Å². The molecule has 18 heavy (non-hydrogen) atoms. The van der Waals surface area contributed by atoms with Crippen LogP contribution in [0.4, 0.5) is 0 Å². The summed E-state index contributed by atoms with van der Waals surface area (Å²) in [6.07, 6.45) is 2.15. The second-order valence-electron chi connectivity index (χ2n) is 3.81. The zero-order valence-corrected chi connectivity index (χ0v) is 9.92. The van der Waals surface area contributed by atoms with Gasteiger partial charge in [0.2, 0.25) is 5.76 Å². The van der Waals surface area contributed by atoms with Gasteiger partial charge in [0.1, 0.15) is 0 Å². The van der Waals surface area contributed by atoms with Gasteiger partial charge in [-0.15, -0.1) is 0 Å². The van der Waals surface area contributed by atoms with Crippen LogP contribution in [0.25, 0.3) is 11.5 Å². The lowest BCUT2D eigenvalue weighted by atomic mass is 10.2.